The van der Waals surface area contributed by atoms with Gasteiger partial charge >= 0.3 is 0 Å². The Balaban J connectivity index is 2.09. The quantitative estimate of drug-likeness (QED) is 0.692. The van der Waals surface area contributed by atoms with Crippen molar-refractivity contribution in [2.75, 3.05) is 46.8 Å². The first-order chi connectivity index (χ1) is 11.5. The molecule has 2 amide bonds. The van der Waals surface area contributed by atoms with Crippen LogP contribution in [0.1, 0.15) is 33.6 Å². The smallest absolute Gasteiger partial charge is 0.281 e. The minimum absolute atomic E-state index is 0.0213. The van der Waals surface area contributed by atoms with Crippen molar-refractivity contribution < 1.29 is 18.0 Å². The third-order valence-corrected chi connectivity index (χ3v) is 7.76. The highest BCUT2D eigenvalue weighted by Crippen LogP contribution is 2.35. The largest absolute Gasteiger partial charge is 0.341 e. The summed E-state index contributed by atoms with van der Waals surface area (Å²) in [4.78, 5) is 28.3. The van der Waals surface area contributed by atoms with E-state index in [-0.39, 0.29) is 30.7 Å². The van der Waals surface area contributed by atoms with Crippen molar-refractivity contribution in [3.8, 4) is 0 Å². The van der Waals surface area contributed by atoms with Gasteiger partial charge in [0, 0.05) is 58.8 Å². The molecule has 0 bridgehead atoms. The molecule has 144 valence electrons. The molecular weight excluding hydrogens is 344 g/mol. The van der Waals surface area contributed by atoms with Crippen LogP contribution < -0.4 is 0 Å². The van der Waals surface area contributed by atoms with Crippen LogP contribution in [0.4, 0.5) is 0 Å². The predicted molar refractivity (Wildman–Crippen MR) is 94.9 cm³/mol. The van der Waals surface area contributed by atoms with Crippen molar-refractivity contribution in [2.24, 2.45) is 5.92 Å². The summed E-state index contributed by atoms with van der Waals surface area (Å²) < 4.78 is 27.7. The molecule has 2 aliphatic heterocycles. The Hall–Kier alpha value is -1.19. The summed E-state index contributed by atoms with van der Waals surface area (Å²) in [5.74, 6) is -0.454. The van der Waals surface area contributed by atoms with E-state index >= 15 is 0 Å². The van der Waals surface area contributed by atoms with Crippen LogP contribution in [-0.4, -0.2) is 91.0 Å². The number of hydrogen-bond donors (Lipinski definition) is 0. The monoisotopic (exact) mass is 374 g/mol. The summed E-state index contributed by atoms with van der Waals surface area (Å²) in [6.45, 7) is 7.59. The summed E-state index contributed by atoms with van der Waals surface area (Å²) >= 11 is 0. The van der Waals surface area contributed by atoms with E-state index in [1.807, 2.05) is 13.8 Å². The molecule has 0 aromatic rings. The van der Waals surface area contributed by atoms with Gasteiger partial charge in [-0.25, -0.2) is 0 Å². The molecule has 2 saturated heterocycles. The van der Waals surface area contributed by atoms with Crippen LogP contribution in [0.2, 0.25) is 0 Å². The zero-order valence-corrected chi connectivity index (χ0v) is 16.7. The molecule has 0 aromatic carbocycles. The Labute approximate surface area is 150 Å². The van der Waals surface area contributed by atoms with Gasteiger partial charge in [0.2, 0.25) is 11.8 Å². The van der Waals surface area contributed by atoms with E-state index in [2.05, 4.69) is 0 Å². The highest BCUT2D eigenvalue weighted by Gasteiger charge is 2.49. The highest BCUT2D eigenvalue weighted by atomic mass is 32.2. The lowest BCUT2D eigenvalue weighted by Gasteiger charge is -2.35. The van der Waals surface area contributed by atoms with Crippen LogP contribution in [0.3, 0.4) is 0 Å². The van der Waals surface area contributed by atoms with Crippen molar-refractivity contribution >= 4 is 22.0 Å². The van der Waals surface area contributed by atoms with E-state index in [9.17, 15) is 18.0 Å². The molecular formula is C16H30N4O4S. The average Bonchev–Trinajstić information content (AvgIpc) is 2.77. The van der Waals surface area contributed by atoms with Gasteiger partial charge in [0.1, 0.15) is 0 Å². The molecule has 9 heteroatoms. The molecule has 2 heterocycles. The Morgan fingerprint density at radius 1 is 1.24 bits per heavy atom. The zero-order valence-electron chi connectivity index (χ0n) is 15.9. The van der Waals surface area contributed by atoms with Gasteiger partial charge in [-0.2, -0.15) is 17.0 Å². The third-order valence-electron chi connectivity index (χ3n) is 5.70. The number of likely N-dealkylation sites (tertiary alicyclic amines) is 1. The van der Waals surface area contributed by atoms with Gasteiger partial charge in [-0.05, 0) is 20.3 Å². The summed E-state index contributed by atoms with van der Waals surface area (Å²) in [5.41, 5.74) is -0.519. The van der Waals surface area contributed by atoms with Crippen LogP contribution in [0.25, 0.3) is 0 Å². The molecule has 8 nitrogen and oxygen atoms in total. The lowest BCUT2D eigenvalue weighted by atomic mass is 9.87. The topological polar surface area (TPSA) is 81.2 Å². The zero-order chi connectivity index (χ0) is 19.0. The van der Waals surface area contributed by atoms with Gasteiger partial charge in [0.15, 0.2) is 0 Å². The maximum Gasteiger partial charge on any atom is 0.281 e. The summed E-state index contributed by atoms with van der Waals surface area (Å²) in [6, 6.07) is 0. The summed E-state index contributed by atoms with van der Waals surface area (Å²) in [7, 11) is -0.187. The second-order valence-corrected chi connectivity index (χ2v) is 9.40. The number of carbonyl (C=O) groups excluding carboxylic acids is 2. The Morgan fingerprint density at radius 2 is 1.88 bits per heavy atom. The minimum Gasteiger partial charge on any atom is -0.341 e. The Kier molecular flexibility index (Phi) is 5.80. The molecule has 2 fully saturated rings. The maximum absolute atomic E-state index is 13.0. The van der Waals surface area contributed by atoms with E-state index in [1.54, 1.807) is 30.8 Å². The van der Waals surface area contributed by atoms with E-state index in [1.165, 1.54) is 8.61 Å². The van der Waals surface area contributed by atoms with Crippen molar-refractivity contribution in [1.82, 2.24) is 18.4 Å². The fraction of sp³-hybridized carbons (Fsp3) is 0.875. The molecule has 0 spiro atoms. The van der Waals surface area contributed by atoms with E-state index in [4.69, 9.17) is 0 Å². The van der Waals surface area contributed by atoms with Crippen molar-refractivity contribution in [3.05, 3.63) is 0 Å². The van der Waals surface area contributed by atoms with Gasteiger partial charge in [0.05, 0.1) is 5.92 Å². The van der Waals surface area contributed by atoms with Gasteiger partial charge < -0.3 is 9.80 Å². The molecule has 25 heavy (non-hydrogen) atoms. The van der Waals surface area contributed by atoms with Gasteiger partial charge in [0.25, 0.3) is 10.2 Å². The first-order valence-corrected chi connectivity index (χ1v) is 10.2. The molecule has 0 N–H and O–H groups in total. The van der Waals surface area contributed by atoms with Gasteiger partial charge in [-0.3, -0.25) is 9.59 Å². The predicted octanol–water partition coefficient (Wildman–Crippen LogP) is -0.0259. The maximum atomic E-state index is 13.0. The van der Waals surface area contributed by atoms with Crippen LogP contribution in [0.5, 0.6) is 0 Å². The molecule has 1 unspecified atom stereocenters. The normalized spacial score (nSPS) is 25.5. The first-order valence-electron chi connectivity index (χ1n) is 8.80. The number of amides is 2. The summed E-state index contributed by atoms with van der Waals surface area (Å²) in [5, 5.41) is 0. The van der Waals surface area contributed by atoms with E-state index in [0.29, 0.717) is 32.6 Å². The molecule has 1 atom stereocenters. The van der Waals surface area contributed by atoms with E-state index < -0.39 is 15.7 Å². The van der Waals surface area contributed by atoms with Crippen molar-refractivity contribution in [1.29, 1.82) is 0 Å². The lowest BCUT2D eigenvalue weighted by Crippen LogP contribution is -2.49. The van der Waals surface area contributed by atoms with Crippen LogP contribution in [0.15, 0.2) is 0 Å². The SMILES string of the molecule is CCN(C)S(=O)(=O)N1CCCN(C(=O)C2CC(=O)N(C)C2(C)C)CC1. The number of carbonyl (C=O) groups is 2. The average molecular weight is 375 g/mol. The highest BCUT2D eigenvalue weighted by molar-refractivity contribution is 7.86. The number of hydrogen-bond acceptors (Lipinski definition) is 4. The second kappa shape index (κ2) is 7.20. The van der Waals surface area contributed by atoms with Crippen LogP contribution in [-0.2, 0) is 19.8 Å². The number of rotatable bonds is 4. The summed E-state index contributed by atoms with van der Waals surface area (Å²) in [6.07, 6.45) is 0.818. The fourth-order valence-electron chi connectivity index (χ4n) is 3.43. The molecule has 2 rings (SSSR count). The lowest BCUT2D eigenvalue weighted by molar-refractivity contribution is -0.137. The Morgan fingerprint density at radius 3 is 2.40 bits per heavy atom. The van der Waals surface area contributed by atoms with Gasteiger partial charge in [-0.1, -0.05) is 6.92 Å². The van der Waals surface area contributed by atoms with E-state index in [0.717, 1.165) is 0 Å². The molecule has 2 aliphatic rings. The van der Waals surface area contributed by atoms with Gasteiger partial charge in [-0.15, -0.1) is 0 Å². The third kappa shape index (κ3) is 3.68. The van der Waals surface area contributed by atoms with Crippen molar-refractivity contribution in [2.45, 2.75) is 39.2 Å². The molecule has 0 radical (unpaired) electrons. The first kappa shape index (κ1) is 20.1. The van der Waals surface area contributed by atoms with Crippen LogP contribution in [0, 0.1) is 5.92 Å². The molecule has 0 saturated carbocycles. The van der Waals surface area contributed by atoms with Crippen LogP contribution >= 0.6 is 0 Å². The second-order valence-electron chi connectivity index (χ2n) is 7.36. The minimum atomic E-state index is -3.48. The standard InChI is InChI=1S/C16H30N4O4S/c1-6-17(4)25(23,24)20-9-7-8-19(10-11-20)15(22)13-12-14(21)18(5)16(13,2)3/h13H,6-12H2,1-5H3. The Bertz CT molecular complexity index is 634. The fourth-order valence-corrected chi connectivity index (χ4v) is 4.82. The number of nitrogens with zero attached hydrogens (tertiary/aromatic N) is 4. The molecule has 0 aromatic heterocycles. The molecule has 0 aliphatic carbocycles. The van der Waals surface area contributed by atoms with Crippen molar-refractivity contribution in [3.63, 3.8) is 0 Å².